The van der Waals surface area contributed by atoms with E-state index in [0.29, 0.717) is 13.8 Å². The number of hydrogen-bond acceptors (Lipinski definition) is 8. The Bertz CT molecular complexity index is 1370. The second-order valence-corrected chi connectivity index (χ2v) is 11.3. The number of fused-ring (bicyclic) bond motifs is 1. The van der Waals surface area contributed by atoms with E-state index in [-0.39, 0.29) is 46.6 Å². The van der Waals surface area contributed by atoms with Crippen LogP contribution in [0.5, 0.6) is 11.6 Å². The van der Waals surface area contributed by atoms with Crippen LogP contribution in [0, 0.1) is 12.8 Å². The molecule has 216 valence electrons. The van der Waals surface area contributed by atoms with Gasteiger partial charge in [0.15, 0.2) is 4.90 Å². The lowest BCUT2D eigenvalue weighted by Gasteiger charge is -2.36. The smallest absolute Gasteiger partial charge is 0.427 e. The molecule has 0 aliphatic carbocycles. The van der Waals surface area contributed by atoms with E-state index in [1.54, 1.807) is 0 Å². The number of rotatable bonds is 8. The number of anilines is 2. The fourth-order valence-corrected chi connectivity index (χ4v) is 5.60. The van der Waals surface area contributed by atoms with Crippen molar-refractivity contribution in [2.45, 2.75) is 56.9 Å². The lowest BCUT2D eigenvalue weighted by Crippen LogP contribution is -2.45. The number of aromatic nitrogens is 2. The number of nitrogens with zero attached hydrogens (tertiary/aromatic N) is 3. The number of ether oxygens (including phenoxy) is 3. The van der Waals surface area contributed by atoms with Crippen molar-refractivity contribution in [1.82, 2.24) is 9.78 Å². The SMILES string of the molecule is COc1nn(C)c(C)c1S(=O)(=O)N1CC(CC(C)C(=O)O)Oc2ccc(NC(=O)OC(C)(C)C(F)(F)F)cc21. The molecule has 0 bridgehead atoms. The summed E-state index contributed by atoms with van der Waals surface area (Å²) < 4.78 is 85.1. The number of aryl methyl sites for hydroxylation is 1. The zero-order valence-electron chi connectivity index (χ0n) is 22.0. The van der Waals surface area contributed by atoms with E-state index in [1.165, 1.54) is 50.9 Å². The van der Waals surface area contributed by atoms with Gasteiger partial charge in [-0.05, 0) is 45.4 Å². The highest BCUT2D eigenvalue weighted by Gasteiger charge is 2.51. The molecule has 2 N–H and O–H groups in total. The molecule has 2 atom stereocenters. The molecular weight excluding hydrogens is 549 g/mol. The molecule has 1 aromatic heterocycles. The summed E-state index contributed by atoms with van der Waals surface area (Å²) in [5.74, 6) is -2.08. The van der Waals surface area contributed by atoms with Crippen molar-refractivity contribution in [2.75, 3.05) is 23.3 Å². The van der Waals surface area contributed by atoms with Crippen molar-refractivity contribution in [1.29, 1.82) is 0 Å². The number of sulfonamides is 1. The number of carboxylic acid groups (broad SMARTS) is 1. The van der Waals surface area contributed by atoms with Crippen molar-refractivity contribution in [3.63, 3.8) is 0 Å². The van der Waals surface area contributed by atoms with Crippen molar-refractivity contribution in [3.8, 4) is 11.6 Å². The van der Waals surface area contributed by atoms with Gasteiger partial charge in [0.25, 0.3) is 15.9 Å². The lowest BCUT2D eigenvalue weighted by molar-refractivity contribution is -0.242. The van der Waals surface area contributed by atoms with Gasteiger partial charge < -0.3 is 19.3 Å². The summed E-state index contributed by atoms with van der Waals surface area (Å²) in [6.45, 7) is 4.03. The number of aliphatic carboxylic acids is 1. The van der Waals surface area contributed by atoms with Gasteiger partial charge in [-0.25, -0.2) is 13.2 Å². The van der Waals surface area contributed by atoms with Gasteiger partial charge in [0.1, 0.15) is 11.9 Å². The van der Waals surface area contributed by atoms with Gasteiger partial charge in [0.2, 0.25) is 5.60 Å². The molecule has 3 rings (SSSR count). The zero-order valence-corrected chi connectivity index (χ0v) is 22.8. The number of nitrogens with one attached hydrogen (secondary N) is 1. The second kappa shape index (κ2) is 10.5. The van der Waals surface area contributed by atoms with Gasteiger partial charge in [-0.1, -0.05) is 6.92 Å². The first-order valence-electron chi connectivity index (χ1n) is 11.6. The van der Waals surface area contributed by atoms with Crippen LogP contribution in [0.25, 0.3) is 0 Å². The number of halogens is 3. The number of alkyl halides is 3. The summed E-state index contributed by atoms with van der Waals surface area (Å²) in [6.07, 6.45) is -7.14. The summed E-state index contributed by atoms with van der Waals surface area (Å²) in [5.41, 5.74) is -2.66. The van der Waals surface area contributed by atoms with Gasteiger partial charge in [-0.3, -0.25) is 19.1 Å². The average Bonchev–Trinajstić information content (AvgIpc) is 3.11. The summed E-state index contributed by atoms with van der Waals surface area (Å²) in [5, 5.41) is 15.6. The van der Waals surface area contributed by atoms with Gasteiger partial charge in [-0.15, -0.1) is 5.10 Å². The third-order valence-corrected chi connectivity index (χ3v) is 8.11. The molecule has 0 saturated heterocycles. The van der Waals surface area contributed by atoms with Gasteiger partial charge in [0.05, 0.1) is 31.0 Å². The standard InChI is InChI=1S/C23H29F3N4O8S/c1-12(20(31)32)9-15-11-30(39(34,35)18-13(2)29(5)28-19(18)36-6)16-10-14(7-8-17(16)37-15)27-21(33)38-22(3,4)23(24,25)26/h7-8,10,12,15H,9,11H2,1-6H3,(H,27,33)(H,31,32). The number of carbonyl (C=O) groups is 2. The first kappa shape index (κ1) is 29.9. The second-order valence-electron chi connectivity index (χ2n) is 9.50. The van der Waals surface area contributed by atoms with Gasteiger partial charge in [0, 0.05) is 12.7 Å². The predicted octanol–water partition coefficient (Wildman–Crippen LogP) is 3.69. The third-order valence-electron chi connectivity index (χ3n) is 6.20. The predicted molar refractivity (Wildman–Crippen MR) is 132 cm³/mol. The van der Waals surface area contributed by atoms with Crippen molar-refractivity contribution in [3.05, 3.63) is 23.9 Å². The van der Waals surface area contributed by atoms with E-state index < -0.39 is 45.9 Å². The summed E-state index contributed by atoms with van der Waals surface area (Å²) >= 11 is 0. The molecule has 0 spiro atoms. The van der Waals surface area contributed by atoms with E-state index in [9.17, 15) is 36.3 Å². The molecule has 0 fully saturated rings. The minimum atomic E-state index is -4.83. The molecular formula is C23H29F3N4O8S. The van der Waals surface area contributed by atoms with E-state index in [2.05, 4.69) is 15.2 Å². The van der Waals surface area contributed by atoms with E-state index in [4.69, 9.17) is 9.47 Å². The molecule has 1 aliphatic heterocycles. The van der Waals surface area contributed by atoms with Crippen LogP contribution in [0.1, 0.15) is 32.9 Å². The van der Waals surface area contributed by atoms with Crippen LogP contribution in [-0.2, 0) is 26.6 Å². The molecule has 1 amide bonds. The Morgan fingerprint density at radius 3 is 2.51 bits per heavy atom. The quantitative estimate of drug-likeness (QED) is 0.478. The fraction of sp³-hybridized carbons (Fsp3) is 0.522. The molecule has 2 aromatic rings. The van der Waals surface area contributed by atoms with Gasteiger partial charge >= 0.3 is 18.2 Å². The van der Waals surface area contributed by atoms with Crippen LogP contribution in [0.3, 0.4) is 0 Å². The molecule has 39 heavy (non-hydrogen) atoms. The monoisotopic (exact) mass is 578 g/mol. The van der Waals surface area contributed by atoms with Crippen LogP contribution in [0.4, 0.5) is 29.3 Å². The van der Waals surface area contributed by atoms with E-state index >= 15 is 0 Å². The number of carboxylic acids is 1. The van der Waals surface area contributed by atoms with Gasteiger partial charge in [-0.2, -0.15) is 13.2 Å². The molecule has 0 saturated carbocycles. The summed E-state index contributed by atoms with van der Waals surface area (Å²) in [6, 6.07) is 3.79. The van der Waals surface area contributed by atoms with Crippen LogP contribution in [0.2, 0.25) is 0 Å². The lowest BCUT2D eigenvalue weighted by atomic mass is 10.0. The Morgan fingerprint density at radius 2 is 1.95 bits per heavy atom. The zero-order chi connectivity index (χ0) is 29.5. The normalized spacial score (nSPS) is 16.6. The third kappa shape index (κ3) is 5.99. The van der Waals surface area contributed by atoms with Crippen LogP contribution < -0.4 is 19.1 Å². The molecule has 1 aliphatic rings. The highest BCUT2D eigenvalue weighted by molar-refractivity contribution is 7.93. The molecule has 12 nitrogen and oxygen atoms in total. The first-order chi connectivity index (χ1) is 17.9. The molecule has 2 unspecified atom stereocenters. The van der Waals surface area contributed by atoms with Crippen molar-refractivity contribution in [2.24, 2.45) is 13.0 Å². The molecule has 0 radical (unpaired) electrons. The minimum Gasteiger partial charge on any atom is -0.486 e. The molecule has 16 heteroatoms. The van der Waals surface area contributed by atoms with E-state index in [0.717, 1.165) is 4.31 Å². The largest absolute Gasteiger partial charge is 0.486 e. The Balaban J connectivity index is 2.04. The summed E-state index contributed by atoms with van der Waals surface area (Å²) in [7, 11) is -1.63. The Morgan fingerprint density at radius 1 is 1.31 bits per heavy atom. The maximum atomic E-state index is 13.9. The highest BCUT2D eigenvalue weighted by atomic mass is 32.2. The van der Waals surface area contributed by atoms with E-state index in [1.807, 2.05) is 0 Å². The highest BCUT2D eigenvalue weighted by Crippen LogP contribution is 2.42. The number of amides is 1. The number of benzene rings is 1. The first-order valence-corrected chi connectivity index (χ1v) is 13.0. The number of methoxy groups -OCH3 is 1. The minimum absolute atomic E-state index is 0.0250. The number of hydrogen-bond donors (Lipinski definition) is 2. The van der Waals surface area contributed by atoms with Crippen LogP contribution >= 0.6 is 0 Å². The van der Waals surface area contributed by atoms with Crippen LogP contribution in [0.15, 0.2) is 23.1 Å². The Kier molecular flexibility index (Phi) is 8.01. The molecule has 1 aromatic carbocycles. The Hall–Kier alpha value is -3.69. The maximum absolute atomic E-state index is 13.9. The maximum Gasteiger partial charge on any atom is 0.427 e. The van der Waals surface area contributed by atoms with Crippen LogP contribution in [-0.4, -0.2) is 66.9 Å². The number of carbonyl (C=O) groups excluding carboxylic acids is 1. The molecule has 2 heterocycles. The fourth-order valence-electron chi connectivity index (χ4n) is 3.77. The Labute approximate surface area is 222 Å². The summed E-state index contributed by atoms with van der Waals surface area (Å²) in [4.78, 5) is 23.4. The van der Waals surface area contributed by atoms with Crippen molar-refractivity contribution >= 4 is 33.5 Å². The average molecular weight is 579 g/mol. The van der Waals surface area contributed by atoms with Crippen molar-refractivity contribution < 1.29 is 50.5 Å². The topological polar surface area (TPSA) is 149 Å².